The van der Waals surface area contributed by atoms with Gasteiger partial charge in [-0.2, -0.15) is 0 Å². The highest BCUT2D eigenvalue weighted by Gasteiger charge is 1.71. The lowest BCUT2D eigenvalue weighted by Crippen LogP contribution is -1.78. The highest BCUT2D eigenvalue weighted by atomic mass is 79.9. The molecule has 0 aliphatic carbocycles. The van der Waals surface area contributed by atoms with Crippen LogP contribution in [0.15, 0.2) is 0 Å². The summed E-state index contributed by atoms with van der Waals surface area (Å²) in [5.74, 6) is 0.778. The number of hydrogen-bond acceptors (Lipinski definition) is 2. The van der Waals surface area contributed by atoms with Crippen molar-refractivity contribution >= 4 is 25.0 Å². The fourth-order valence-electron chi connectivity index (χ4n) is 0.0345. The standard InChI is InChI=1S/C2H5BrOS/c3-5-2-1-4/h4H,1-2H2. The first-order valence-corrected chi connectivity index (χ1v) is 4.09. The van der Waals surface area contributed by atoms with Gasteiger partial charge < -0.3 is 5.11 Å². The molecule has 0 amide bonds. The molecule has 0 aliphatic rings. The molecule has 0 saturated carbocycles. The van der Waals surface area contributed by atoms with Gasteiger partial charge in [0.25, 0.3) is 0 Å². The predicted molar refractivity (Wildman–Crippen MR) is 28.5 cm³/mol. The molecule has 0 aromatic carbocycles. The molecule has 0 saturated heterocycles. The monoisotopic (exact) mass is 156 g/mol. The van der Waals surface area contributed by atoms with Crippen LogP contribution in [0.2, 0.25) is 0 Å². The quantitative estimate of drug-likeness (QED) is 0.645. The zero-order valence-corrected chi connectivity index (χ0v) is 5.05. The van der Waals surface area contributed by atoms with Gasteiger partial charge >= 0.3 is 0 Å². The van der Waals surface area contributed by atoms with Crippen LogP contribution >= 0.6 is 25.0 Å². The van der Waals surface area contributed by atoms with Crippen molar-refractivity contribution in [1.82, 2.24) is 0 Å². The van der Waals surface area contributed by atoms with Crippen LogP contribution in [0.4, 0.5) is 0 Å². The highest BCUT2D eigenvalue weighted by molar-refractivity contribution is 9.50. The Labute approximate surface area is 43.0 Å². The smallest absolute Gasteiger partial charge is 0.0530 e. The van der Waals surface area contributed by atoms with Crippen LogP contribution in [0.25, 0.3) is 0 Å². The van der Waals surface area contributed by atoms with Crippen molar-refractivity contribution in [2.75, 3.05) is 12.4 Å². The van der Waals surface area contributed by atoms with E-state index in [1.807, 2.05) is 0 Å². The molecule has 0 bridgehead atoms. The SMILES string of the molecule is OCCSBr. The van der Waals surface area contributed by atoms with Gasteiger partial charge in [0, 0.05) is 5.75 Å². The lowest BCUT2D eigenvalue weighted by molar-refractivity contribution is 0.323. The fourth-order valence-corrected chi connectivity index (χ4v) is 0.538. The number of halogens is 1. The third-order valence-corrected chi connectivity index (χ3v) is 1.48. The molecular weight excluding hydrogens is 152 g/mol. The van der Waals surface area contributed by atoms with Crippen molar-refractivity contribution in [3.05, 3.63) is 0 Å². The fraction of sp³-hybridized carbons (Fsp3) is 1.00. The maximum atomic E-state index is 8.02. The minimum Gasteiger partial charge on any atom is -0.395 e. The van der Waals surface area contributed by atoms with Gasteiger partial charge in [0.2, 0.25) is 0 Å². The van der Waals surface area contributed by atoms with E-state index in [2.05, 4.69) is 14.8 Å². The largest absolute Gasteiger partial charge is 0.395 e. The first kappa shape index (κ1) is 5.79. The van der Waals surface area contributed by atoms with Crippen molar-refractivity contribution in [3.8, 4) is 0 Å². The molecule has 1 N–H and O–H groups in total. The molecule has 3 heteroatoms. The maximum absolute atomic E-state index is 8.02. The molecule has 0 fully saturated rings. The topological polar surface area (TPSA) is 20.2 Å². The average Bonchev–Trinajstić information content (AvgIpc) is 1.41. The summed E-state index contributed by atoms with van der Waals surface area (Å²) in [6, 6.07) is 0. The van der Waals surface area contributed by atoms with Crippen LogP contribution < -0.4 is 0 Å². The van der Waals surface area contributed by atoms with E-state index in [1.165, 1.54) is 10.2 Å². The van der Waals surface area contributed by atoms with E-state index in [4.69, 9.17) is 5.11 Å². The maximum Gasteiger partial charge on any atom is 0.0530 e. The summed E-state index contributed by atoms with van der Waals surface area (Å²) in [6.45, 7) is 0.260. The molecule has 0 spiro atoms. The van der Waals surface area contributed by atoms with E-state index < -0.39 is 0 Å². The Hall–Kier alpha value is 0.790. The second-order valence-corrected chi connectivity index (χ2v) is 2.54. The first-order valence-electron chi connectivity index (χ1n) is 1.26. The zero-order valence-electron chi connectivity index (χ0n) is 2.65. The second kappa shape index (κ2) is 4.79. The van der Waals surface area contributed by atoms with Gasteiger partial charge in [0.15, 0.2) is 0 Å². The molecule has 0 unspecified atom stereocenters. The molecule has 0 aromatic rings. The number of rotatable bonds is 2. The van der Waals surface area contributed by atoms with E-state index in [1.54, 1.807) is 0 Å². The molecule has 1 nitrogen and oxygen atoms in total. The van der Waals surface area contributed by atoms with Crippen molar-refractivity contribution in [1.29, 1.82) is 0 Å². The number of hydrogen-bond donors (Lipinski definition) is 1. The second-order valence-electron chi connectivity index (χ2n) is 0.537. The molecule has 0 heterocycles. The lowest BCUT2D eigenvalue weighted by atomic mass is 10.9. The normalized spacial score (nSPS) is 8.40. The van der Waals surface area contributed by atoms with Crippen LogP contribution in [0.3, 0.4) is 0 Å². The van der Waals surface area contributed by atoms with Crippen molar-refractivity contribution in [2.45, 2.75) is 0 Å². The van der Waals surface area contributed by atoms with E-state index >= 15 is 0 Å². The molecule has 0 rings (SSSR count). The van der Waals surface area contributed by atoms with Crippen LogP contribution in [0, 0.1) is 0 Å². The van der Waals surface area contributed by atoms with Gasteiger partial charge in [-0.1, -0.05) is 10.2 Å². The summed E-state index contributed by atoms with van der Waals surface area (Å²) < 4.78 is 0. The summed E-state index contributed by atoms with van der Waals surface area (Å²) in [4.78, 5) is 0. The van der Waals surface area contributed by atoms with E-state index in [0.717, 1.165) is 5.75 Å². The third-order valence-electron chi connectivity index (χ3n) is 0.168. The van der Waals surface area contributed by atoms with Gasteiger partial charge in [-0.25, -0.2) is 0 Å². The van der Waals surface area contributed by atoms with Gasteiger partial charge in [0.05, 0.1) is 6.61 Å². The zero-order chi connectivity index (χ0) is 4.12. The van der Waals surface area contributed by atoms with Gasteiger partial charge in [-0.05, 0) is 14.8 Å². The van der Waals surface area contributed by atoms with Gasteiger partial charge in [0.1, 0.15) is 0 Å². The highest BCUT2D eigenvalue weighted by Crippen LogP contribution is 2.06. The molecule has 0 atom stereocenters. The van der Waals surface area contributed by atoms with Gasteiger partial charge in [-0.3, -0.25) is 0 Å². The lowest BCUT2D eigenvalue weighted by Gasteiger charge is -1.77. The van der Waals surface area contributed by atoms with Crippen molar-refractivity contribution < 1.29 is 5.11 Å². The van der Waals surface area contributed by atoms with Crippen LogP contribution in [-0.2, 0) is 0 Å². The summed E-state index contributed by atoms with van der Waals surface area (Å²) in [7, 11) is 1.46. The minimum atomic E-state index is 0.260. The Bertz CT molecular complexity index is 17.1. The summed E-state index contributed by atoms with van der Waals surface area (Å²) >= 11 is 3.07. The Morgan fingerprint density at radius 3 is 2.40 bits per heavy atom. The Morgan fingerprint density at radius 1 is 1.80 bits per heavy atom. The number of aliphatic hydroxyl groups excluding tert-OH is 1. The molecule has 0 aliphatic heterocycles. The van der Waals surface area contributed by atoms with Crippen LogP contribution in [0.1, 0.15) is 0 Å². The first-order chi connectivity index (χ1) is 2.41. The molecular formula is C2H5BrOS. The Kier molecular flexibility index (Phi) is 5.55. The van der Waals surface area contributed by atoms with Crippen molar-refractivity contribution in [3.63, 3.8) is 0 Å². The molecule has 0 radical (unpaired) electrons. The molecule has 0 aromatic heterocycles. The Balaban J connectivity index is 2.19. The van der Waals surface area contributed by atoms with Crippen molar-refractivity contribution in [2.24, 2.45) is 0 Å². The number of aliphatic hydroxyl groups is 1. The van der Waals surface area contributed by atoms with Crippen LogP contribution in [-0.4, -0.2) is 17.5 Å². The molecule has 32 valence electrons. The van der Waals surface area contributed by atoms with E-state index in [-0.39, 0.29) is 6.61 Å². The van der Waals surface area contributed by atoms with Gasteiger partial charge in [-0.15, -0.1) is 0 Å². The summed E-state index contributed by atoms with van der Waals surface area (Å²) in [6.07, 6.45) is 0. The van der Waals surface area contributed by atoms with E-state index in [0.29, 0.717) is 0 Å². The average molecular weight is 157 g/mol. The van der Waals surface area contributed by atoms with E-state index in [9.17, 15) is 0 Å². The minimum absolute atomic E-state index is 0.260. The summed E-state index contributed by atoms with van der Waals surface area (Å²) in [5.41, 5.74) is 0. The predicted octanol–water partition coefficient (Wildman–Crippen LogP) is 1.02. The van der Waals surface area contributed by atoms with Crippen LogP contribution in [0.5, 0.6) is 0 Å². The summed E-state index contributed by atoms with van der Waals surface area (Å²) in [5, 5.41) is 8.02. The molecule has 5 heavy (non-hydrogen) atoms. The Morgan fingerprint density at radius 2 is 2.40 bits per heavy atom. The third kappa shape index (κ3) is 4.79.